The lowest BCUT2D eigenvalue weighted by molar-refractivity contribution is -0.114. The fraction of sp³-hybridized carbons (Fsp3) is 0.933. The largest absolute Gasteiger partial charge is 0.388 e. The monoisotopic (exact) mass is 290 g/mol. The number of methoxy groups -OCH3 is 1. The van der Waals surface area contributed by atoms with E-state index in [1.54, 1.807) is 26.0 Å². The molecule has 0 saturated heterocycles. The fourth-order valence-electron chi connectivity index (χ4n) is 0. The summed E-state index contributed by atoms with van der Waals surface area (Å²) in [4.78, 5) is 9.44. The molecule has 0 heterocycles. The highest BCUT2D eigenvalue weighted by Gasteiger charge is 1.62. The molecule has 0 unspecified atom stereocenters. The average Bonchev–Trinajstić information content (AvgIpc) is 1.88. The summed E-state index contributed by atoms with van der Waals surface area (Å²) in [5, 5.41) is 0. The molecule has 0 atom stereocenters. The van der Waals surface area contributed by atoms with Crippen LogP contribution >= 0.6 is 11.8 Å². The Labute approximate surface area is 125 Å². The second kappa shape index (κ2) is 121. The zero-order chi connectivity index (χ0) is 11.7. The minimum Gasteiger partial charge on any atom is -0.388 e. The number of carbonyl (C=O) groups is 1. The van der Waals surface area contributed by atoms with Crippen molar-refractivity contribution in [2.24, 2.45) is 0 Å². The fourth-order valence-corrected chi connectivity index (χ4v) is 0. The minimum absolute atomic E-state index is 0. The Balaban J connectivity index is -0.00000000790. The first-order chi connectivity index (χ1) is 5.97. The number of rotatable bonds is 0. The highest BCUT2D eigenvalue weighted by molar-refractivity contribution is 7.97. The van der Waals surface area contributed by atoms with Crippen LogP contribution in [-0.2, 0) is 9.53 Å². The first kappa shape index (κ1) is 64.3. The molecule has 0 radical (unpaired) electrons. The van der Waals surface area contributed by atoms with Crippen molar-refractivity contribution in [3.05, 3.63) is 0 Å². The van der Waals surface area contributed by atoms with E-state index in [-0.39, 0.29) is 42.9 Å². The van der Waals surface area contributed by atoms with Crippen LogP contribution < -0.4 is 0 Å². The van der Waals surface area contributed by atoms with Gasteiger partial charge in [0.15, 0.2) is 0 Å². The number of carbonyl (C=O) groups excluding carboxylic acids is 1. The molecule has 0 amide bonds. The van der Waals surface area contributed by atoms with Gasteiger partial charge in [-0.25, -0.2) is 0 Å². The van der Waals surface area contributed by atoms with Gasteiger partial charge in [-0.1, -0.05) is 57.4 Å². The predicted molar refractivity (Wildman–Crippen MR) is 98.3 cm³/mol. The van der Waals surface area contributed by atoms with Crippen molar-refractivity contribution < 1.29 is 9.53 Å². The summed E-state index contributed by atoms with van der Waals surface area (Å²) in [6.45, 7) is 7.31. The smallest absolute Gasteiger partial charge is 0.126 e. The van der Waals surface area contributed by atoms with E-state index in [9.17, 15) is 4.79 Å². The molecule has 0 N–H and O–H groups in total. The summed E-state index contributed by atoms with van der Waals surface area (Å²) in [5.41, 5.74) is 0. The molecule has 0 aromatic heterocycles. The minimum atomic E-state index is 0. The molecule has 0 spiro atoms. The normalized spacial score (nSPS) is 4.44. The van der Waals surface area contributed by atoms with Crippen molar-refractivity contribution in [3.8, 4) is 0 Å². The van der Waals surface area contributed by atoms with E-state index in [1.807, 2.05) is 12.5 Å². The number of ketones is 1. The SMILES string of the molecule is C.C.C.C.C.CC(C)=O.CCC.COC.CSC. The van der Waals surface area contributed by atoms with Crippen LogP contribution in [0.3, 0.4) is 0 Å². The lowest BCUT2D eigenvalue weighted by atomic mass is 10.6. The van der Waals surface area contributed by atoms with Crippen molar-refractivity contribution in [2.75, 3.05) is 26.7 Å². The number of hydrogen-bond donors (Lipinski definition) is 0. The molecular formula is C15H46O2S. The third-order valence-electron chi connectivity index (χ3n) is 0. The number of thioether (sulfide) groups is 1. The van der Waals surface area contributed by atoms with Gasteiger partial charge in [-0.2, -0.15) is 11.8 Å². The summed E-state index contributed by atoms with van der Waals surface area (Å²) in [5.74, 6) is 0.167. The summed E-state index contributed by atoms with van der Waals surface area (Å²) in [6, 6.07) is 0. The summed E-state index contributed by atoms with van der Waals surface area (Å²) < 4.78 is 4.25. The van der Waals surface area contributed by atoms with E-state index in [1.165, 1.54) is 20.3 Å². The average molecular weight is 291 g/mol. The molecule has 18 heavy (non-hydrogen) atoms. The molecule has 0 aliphatic heterocycles. The van der Waals surface area contributed by atoms with Crippen LogP contribution in [0, 0.1) is 0 Å². The highest BCUT2D eigenvalue weighted by Crippen LogP contribution is 1.70. The Morgan fingerprint density at radius 3 is 0.889 bits per heavy atom. The van der Waals surface area contributed by atoms with Crippen molar-refractivity contribution in [2.45, 2.75) is 71.2 Å². The van der Waals surface area contributed by atoms with Gasteiger partial charge in [-0.3, -0.25) is 0 Å². The van der Waals surface area contributed by atoms with Gasteiger partial charge < -0.3 is 9.53 Å². The zero-order valence-electron chi connectivity index (χ0n) is 10.4. The lowest BCUT2D eigenvalue weighted by Crippen LogP contribution is -1.69. The van der Waals surface area contributed by atoms with Crippen LogP contribution in [0.4, 0.5) is 0 Å². The standard InChI is InChI=1S/C3H6O.C3H8.C2H6O.C2H6S.5CH4/c1-3(2)4;3*1-3-2;;;;;/h1-2H3;3H2,1-2H3;2*1-2H3;5*1H4. The predicted octanol–water partition coefficient (Wildman–Crippen LogP) is 6.43. The first-order valence-corrected chi connectivity index (χ1v) is 5.88. The molecule has 3 heteroatoms. The van der Waals surface area contributed by atoms with Crippen molar-refractivity contribution in [1.29, 1.82) is 0 Å². The molecule has 0 bridgehead atoms. The van der Waals surface area contributed by atoms with Gasteiger partial charge in [0.05, 0.1) is 0 Å². The lowest BCUT2D eigenvalue weighted by Gasteiger charge is -1.61. The maximum atomic E-state index is 9.44. The Bertz CT molecular complexity index is 58.8. The van der Waals surface area contributed by atoms with E-state index >= 15 is 0 Å². The second-order valence-electron chi connectivity index (χ2n) is 2.43. The molecule has 0 aromatic rings. The molecule has 0 rings (SSSR count). The quantitative estimate of drug-likeness (QED) is 0.514. The Morgan fingerprint density at radius 2 is 0.889 bits per heavy atom. The summed E-state index contributed by atoms with van der Waals surface area (Å²) in [6.07, 6.45) is 5.33. The second-order valence-corrected chi connectivity index (χ2v) is 3.25. The van der Waals surface area contributed by atoms with Gasteiger partial charge in [0, 0.05) is 14.2 Å². The van der Waals surface area contributed by atoms with Crippen LogP contribution in [0.25, 0.3) is 0 Å². The molecule has 0 aliphatic carbocycles. The van der Waals surface area contributed by atoms with Crippen molar-refractivity contribution >= 4 is 17.5 Å². The van der Waals surface area contributed by atoms with Crippen LogP contribution in [0.5, 0.6) is 0 Å². The summed E-state index contributed by atoms with van der Waals surface area (Å²) >= 11 is 1.75. The molecule has 0 saturated carbocycles. The molecule has 0 fully saturated rings. The van der Waals surface area contributed by atoms with Crippen molar-refractivity contribution in [1.82, 2.24) is 0 Å². The number of Topliss-reactive ketones (excluding diaryl/α,β-unsaturated/α-hetero) is 1. The van der Waals surface area contributed by atoms with Gasteiger partial charge in [-0.15, -0.1) is 0 Å². The Hall–Kier alpha value is -0.0200. The number of hydrogen-bond acceptors (Lipinski definition) is 3. The molecule has 0 aliphatic rings. The van der Waals surface area contributed by atoms with Gasteiger partial charge in [0.1, 0.15) is 5.78 Å². The van der Waals surface area contributed by atoms with Crippen LogP contribution in [0.15, 0.2) is 0 Å². The van der Waals surface area contributed by atoms with Gasteiger partial charge in [-0.05, 0) is 26.4 Å². The number of ether oxygens (including phenoxy) is 1. The van der Waals surface area contributed by atoms with Crippen LogP contribution in [0.2, 0.25) is 0 Å². The van der Waals surface area contributed by atoms with E-state index in [4.69, 9.17) is 0 Å². The molecule has 124 valence electrons. The van der Waals surface area contributed by atoms with E-state index in [0.29, 0.717) is 0 Å². The maximum Gasteiger partial charge on any atom is 0.126 e. The van der Waals surface area contributed by atoms with Gasteiger partial charge in [0.2, 0.25) is 0 Å². The van der Waals surface area contributed by atoms with E-state index in [2.05, 4.69) is 18.6 Å². The van der Waals surface area contributed by atoms with Crippen LogP contribution in [0.1, 0.15) is 71.2 Å². The Morgan fingerprint density at radius 1 is 0.889 bits per heavy atom. The topological polar surface area (TPSA) is 26.3 Å². The van der Waals surface area contributed by atoms with E-state index < -0.39 is 0 Å². The molecule has 0 aromatic carbocycles. The van der Waals surface area contributed by atoms with E-state index in [0.717, 1.165) is 0 Å². The third-order valence-corrected chi connectivity index (χ3v) is 0. The zero-order valence-corrected chi connectivity index (χ0v) is 11.2. The van der Waals surface area contributed by atoms with Gasteiger partial charge in [0.25, 0.3) is 0 Å². The summed E-state index contributed by atoms with van der Waals surface area (Å²) in [7, 11) is 3.25. The molecule has 2 nitrogen and oxygen atoms in total. The maximum absolute atomic E-state index is 9.44. The Kier molecular flexibility index (Phi) is 433. The highest BCUT2D eigenvalue weighted by atomic mass is 32.2. The van der Waals surface area contributed by atoms with Gasteiger partial charge >= 0.3 is 0 Å². The van der Waals surface area contributed by atoms with Crippen molar-refractivity contribution in [3.63, 3.8) is 0 Å². The van der Waals surface area contributed by atoms with Crippen LogP contribution in [-0.4, -0.2) is 32.5 Å². The third kappa shape index (κ3) is 8960000. The molecular weight excluding hydrogens is 244 g/mol. The first-order valence-electron chi connectivity index (χ1n) is 4.25.